The van der Waals surface area contributed by atoms with Crippen molar-refractivity contribution in [2.75, 3.05) is 7.11 Å². The summed E-state index contributed by atoms with van der Waals surface area (Å²) in [5.41, 5.74) is 9.51. The first-order valence-electron chi connectivity index (χ1n) is 8.55. The highest BCUT2D eigenvalue weighted by atomic mass is 16.5. The summed E-state index contributed by atoms with van der Waals surface area (Å²) < 4.78 is 5.61. The van der Waals surface area contributed by atoms with E-state index in [2.05, 4.69) is 52.8 Å². The zero-order chi connectivity index (χ0) is 16.6. The lowest BCUT2D eigenvalue weighted by molar-refractivity contribution is 0.283. The van der Waals surface area contributed by atoms with E-state index in [0.29, 0.717) is 5.41 Å². The standard InChI is InChI=1S/C20H33NO/c1-18(2,3)14-19(4,5)15-9-10-17(22-6)16(13-15)20(21)11-7-8-12-20/h9-10,13H,7-8,11-12,14,21H2,1-6H3. The normalized spacial score (nSPS) is 18.5. The van der Waals surface area contributed by atoms with Crippen LogP contribution in [0.2, 0.25) is 0 Å². The third-order valence-corrected chi connectivity index (χ3v) is 4.99. The smallest absolute Gasteiger partial charge is 0.123 e. The van der Waals surface area contributed by atoms with Crippen molar-refractivity contribution in [2.45, 2.75) is 77.7 Å². The lowest BCUT2D eigenvalue weighted by Crippen LogP contribution is -2.34. The predicted octanol–water partition coefficient (Wildman–Crippen LogP) is 5.14. The van der Waals surface area contributed by atoms with Crippen LogP contribution < -0.4 is 10.5 Å². The maximum absolute atomic E-state index is 6.72. The molecule has 124 valence electrons. The summed E-state index contributed by atoms with van der Waals surface area (Å²) in [6, 6.07) is 6.64. The average molecular weight is 303 g/mol. The van der Waals surface area contributed by atoms with E-state index in [4.69, 9.17) is 10.5 Å². The average Bonchev–Trinajstić information content (AvgIpc) is 2.83. The Morgan fingerprint density at radius 1 is 1.09 bits per heavy atom. The second-order valence-corrected chi connectivity index (χ2v) is 8.90. The van der Waals surface area contributed by atoms with Crippen LogP contribution in [-0.2, 0) is 11.0 Å². The van der Waals surface area contributed by atoms with Gasteiger partial charge in [-0.05, 0) is 47.8 Å². The number of benzene rings is 1. The zero-order valence-electron chi connectivity index (χ0n) is 15.3. The number of methoxy groups -OCH3 is 1. The van der Waals surface area contributed by atoms with E-state index in [1.54, 1.807) is 7.11 Å². The van der Waals surface area contributed by atoms with Crippen LogP contribution in [0.15, 0.2) is 18.2 Å². The van der Waals surface area contributed by atoms with E-state index in [1.165, 1.54) is 24.0 Å². The molecule has 0 bridgehead atoms. The topological polar surface area (TPSA) is 35.2 Å². The molecule has 1 aliphatic carbocycles. The number of ether oxygens (including phenoxy) is 1. The van der Waals surface area contributed by atoms with Crippen LogP contribution in [0.3, 0.4) is 0 Å². The van der Waals surface area contributed by atoms with Crippen LogP contribution in [0, 0.1) is 5.41 Å². The molecule has 0 atom stereocenters. The first-order chi connectivity index (χ1) is 10.1. The molecule has 1 aromatic carbocycles. The van der Waals surface area contributed by atoms with E-state index in [-0.39, 0.29) is 11.0 Å². The van der Waals surface area contributed by atoms with Gasteiger partial charge in [-0.3, -0.25) is 0 Å². The molecular formula is C20H33NO. The third kappa shape index (κ3) is 3.65. The Hall–Kier alpha value is -1.02. The molecule has 2 N–H and O–H groups in total. The minimum absolute atomic E-state index is 0.133. The summed E-state index contributed by atoms with van der Waals surface area (Å²) >= 11 is 0. The Morgan fingerprint density at radius 2 is 1.68 bits per heavy atom. The number of hydrogen-bond acceptors (Lipinski definition) is 2. The molecule has 0 radical (unpaired) electrons. The largest absolute Gasteiger partial charge is 0.496 e. The number of hydrogen-bond donors (Lipinski definition) is 1. The molecule has 1 saturated carbocycles. The highest BCUT2D eigenvalue weighted by molar-refractivity contribution is 5.44. The minimum Gasteiger partial charge on any atom is -0.496 e. The fourth-order valence-corrected chi connectivity index (χ4v) is 4.22. The molecule has 2 nitrogen and oxygen atoms in total. The van der Waals surface area contributed by atoms with Crippen LogP contribution >= 0.6 is 0 Å². The molecule has 0 aromatic heterocycles. The van der Waals surface area contributed by atoms with Crippen molar-refractivity contribution in [1.82, 2.24) is 0 Å². The second kappa shape index (κ2) is 5.88. The summed E-state index contributed by atoms with van der Waals surface area (Å²) in [4.78, 5) is 0. The first kappa shape index (κ1) is 17.3. The quantitative estimate of drug-likeness (QED) is 0.836. The molecule has 2 rings (SSSR count). The fraction of sp³-hybridized carbons (Fsp3) is 0.700. The number of nitrogens with two attached hydrogens (primary N) is 1. The SMILES string of the molecule is COc1ccc(C(C)(C)CC(C)(C)C)cc1C1(N)CCCC1. The zero-order valence-corrected chi connectivity index (χ0v) is 15.3. The summed E-state index contributed by atoms with van der Waals surface area (Å²) in [6.07, 6.45) is 5.70. The Bertz CT molecular complexity index is 519. The minimum atomic E-state index is -0.209. The van der Waals surface area contributed by atoms with Gasteiger partial charge in [-0.25, -0.2) is 0 Å². The van der Waals surface area contributed by atoms with E-state index >= 15 is 0 Å². The van der Waals surface area contributed by atoms with E-state index in [1.807, 2.05) is 0 Å². The Morgan fingerprint density at radius 3 is 2.18 bits per heavy atom. The molecule has 0 amide bonds. The van der Waals surface area contributed by atoms with Gasteiger partial charge in [0, 0.05) is 11.1 Å². The maximum Gasteiger partial charge on any atom is 0.123 e. The molecule has 1 aromatic rings. The van der Waals surface area contributed by atoms with Gasteiger partial charge in [-0.15, -0.1) is 0 Å². The molecule has 0 unspecified atom stereocenters. The number of rotatable bonds is 4. The molecular weight excluding hydrogens is 270 g/mol. The van der Waals surface area contributed by atoms with Crippen molar-refractivity contribution in [3.05, 3.63) is 29.3 Å². The van der Waals surface area contributed by atoms with Gasteiger partial charge < -0.3 is 10.5 Å². The predicted molar refractivity (Wildman–Crippen MR) is 94.4 cm³/mol. The summed E-state index contributed by atoms with van der Waals surface area (Å²) in [7, 11) is 1.75. The van der Waals surface area contributed by atoms with Crippen molar-refractivity contribution in [2.24, 2.45) is 11.1 Å². The maximum atomic E-state index is 6.72. The molecule has 1 fully saturated rings. The third-order valence-electron chi connectivity index (χ3n) is 4.99. The van der Waals surface area contributed by atoms with Crippen molar-refractivity contribution in [3.8, 4) is 5.75 Å². The Labute approximate surface area is 136 Å². The van der Waals surface area contributed by atoms with E-state index in [0.717, 1.165) is 25.0 Å². The van der Waals surface area contributed by atoms with Crippen molar-refractivity contribution in [3.63, 3.8) is 0 Å². The van der Waals surface area contributed by atoms with Crippen LogP contribution in [0.4, 0.5) is 0 Å². The monoisotopic (exact) mass is 303 g/mol. The van der Waals surface area contributed by atoms with E-state index < -0.39 is 0 Å². The van der Waals surface area contributed by atoms with Crippen molar-refractivity contribution >= 4 is 0 Å². The second-order valence-electron chi connectivity index (χ2n) is 8.90. The molecule has 0 spiro atoms. The van der Waals surface area contributed by atoms with Crippen LogP contribution in [0.25, 0.3) is 0 Å². The summed E-state index contributed by atoms with van der Waals surface area (Å²) in [5.74, 6) is 0.944. The van der Waals surface area contributed by atoms with Gasteiger partial charge in [0.15, 0.2) is 0 Å². The molecule has 0 aliphatic heterocycles. The van der Waals surface area contributed by atoms with Gasteiger partial charge in [-0.1, -0.05) is 53.5 Å². The molecule has 1 aliphatic rings. The molecule has 22 heavy (non-hydrogen) atoms. The molecule has 0 saturated heterocycles. The highest BCUT2D eigenvalue weighted by Gasteiger charge is 2.35. The van der Waals surface area contributed by atoms with Crippen LogP contribution in [-0.4, -0.2) is 7.11 Å². The first-order valence-corrected chi connectivity index (χ1v) is 8.55. The summed E-state index contributed by atoms with van der Waals surface area (Å²) in [5, 5.41) is 0. The highest BCUT2D eigenvalue weighted by Crippen LogP contribution is 2.44. The lowest BCUT2D eigenvalue weighted by atomic mass is 9.71. The summed E-state index contributed by atoms with van der Waals surface area (Å²) in [6.45, 7) is 11.6. The Kier molecular flexibility index (Phi) is 4.64. The lowest BCUT2D eigenvalue weighted by Gasteiger charge is -2.35. The van der Waals surface area contributed by atoms with E-state index in [9.17, 15) is 0 Å². The van der Waals surface area contributed by atoms with Gasteiger partial charge >= 0.3 is 0 Å². The van der Waals surface area contributed by atoms with Gasteiger partial charge in [-0.2, -0.15) is 0 Å². The van der Waals surface area contributed by atoms with Gasteiger partial charge in [0.25, 0.3) is 0 Å². The van der Waals surface area contributed by atoms with Crippen LogP contribution in [0.1, 0.15) is 77.8 Å². The van der Waals surface area contributed by atoms with Gasteiger partial charge in [0.2, 0.25) is 0 Å². The van der Waals surface area contributed by atoms with Crippen molar-refractivity contribution in [1.29, 1.82) is 0 Å². The molecule has 0 heterocycles. The van der Waals surface area contributed by atoms with Crippen molar-refractivity contribution < 1.29 is 4.74 Å². The van der Waals surface area contributed by atoms with Gasteiger partial charge in [0.05, 0.1) is 7.11 Å². The van der Waals surface area contributed by atoms with Gasteiger partial charge in [0.1, 0.15) is 5.75 Å². The Balaban J connectivity index is 2.43. The molecule has 2 heteroatoms. The fourth-order valence-electron chi connectivity index (χ4n) is 4.22. The van der Waals surface area contributed by atoms with Crippen LogP contribution in [0.5, 0.6) is 5.75 Å².